The highest BCUT2D eigenvalue weighted by atomic mass is 79.9. The van der Waals surface area contributed by atoms with Crippen LogP contribution in [0.4, 0.5) is 5.69 Å². The van der Waals surface area contributed by atoms with Crippen molar-refractivity contribution in [2.45, 2.75) is 26.3 Å². The summed E-state index contributed by atoms with van der Waals surface area (Å²) in [6.07, 6.45) is 1.00. The number of rotatable bonds is 2. The lowest BCUT2D eigenvalue weighted by atomic mass is 10.1. The van der Waals surface area contributed by atoms with E-state index in [4.69, 9.17) is 5.73 Å². The molecule has 1 unspecified atom stereocenters. The van der Waals surface area contributed by atoms with Crippen LogP contribution in [0, 0.1) is 0 Å². The van der Waals surface area contributed by atoms with Crippen molar-refractivity contribution in [1.82, 2.24) is 4.90 Å². The van der Waals surface area contributed by atoms with Gasteiger partial charge in [0.25, 0.3) is 0 Å². The van der Waals surface area contributed by atoms with Gasteiger partial charge in [-0.2, -0.15) is 0 Å². The summed E-state index contributed by atoms with van der Waals surface area (Å²) in [7, 11) is 0. The Bertz CT molecular complexity index is 490. The first-order chi connectivity index (χ1) is 9.49. The van der Waals surface area contributed by atoms with Crippen molar-refractivity contribution in [2.75, 3.05) is 31.1 Å². The van der Waals surface area contributed by atoms with Crippen molar-refractivity contribution in [3.8, 4) is 0 Å². The highest BCUT2D eigenvalue weighted by Crippen LogP contribution is 2.29. The number of anilines is 1. The maximum Gasteiger partial charge on any atom is 0.219 e. The van der Waals surface area contributed by atoms with Crippen molar-refractivity contribution < 1.29 is 4.79 Å². The number of hydrogen-bond acceptors (Lipinski definition) is 3. The molecule has 20 heavy (non-hydrogen) atoms. The van der Waals surface area contributed by atoms with E-state index in [9.17, 15) is 4.79 Å². The minimum absolute atomic E-state index is 0.0395. The van der Waals surface area contributed by atoms with Gasteiger partial charge in [0.1, 0.15) is 0 Å². The number of nitrogens with two attached hydrogens (primary N) is 1. The first-order valence-corrected chi connectivity index (χ1v) is 7.84. The van der Waals surface area contributed by atoms with Gasteiger partial charge < -0.3 is 15.5 Å². The van der Waals surface area contributed by atoms with Crippen LogP contribution in [0.2, 0.25) is 0 Å². The van der Waals surface area contributed by atoms with Crippen LogP contribution in [-0.2, 0) is 4.79 Å². The zero-order chi connectivity index (χ0) is 14.7. The van der Waals surface area contributed by atoms with Crippen LogP contribution in [0.25, 0.3) is 0 Å². The number of benzene rings is 1. The van der Waals surface area contributed by atoms with Gasteiger partial charge in [-0.25, -0.2) is 0 Å². The molecule has 1 fully saturated rings. The smallest absolute Gasteiger partial charge is 0.219 e. The third-order valence-electron chi connectivity index (χ3n) is 3.78. The molecule has 4 nitrogen and oxygen atoms in total. The topological polar surface area (TPSA) is 49.6 Å². The molecule has 1 amide bonds. The third-order valence-corrected chi connectivity index (χ3v) is 4.41. The fraction of sp³-hybridized carbons (Fsp3) is 0.533. The van der Waals surface area contributed by atoms with E-state index in [0.717, 1.165) is 42.6 Å². The molecule has 1 saturated heterocycles. The summed E-state index contributed by atoms with van der Waals surface area (Å²) in [4.78, 5) is 15.7. The van der Waals surface area contributed by atoms with Crippen LogP contribution in [0.1, 0.15) is 31.9 Å². The van der Waals surface area contributed by atoms with Crippen molar-refractivity contribution in [1.29, 1.82) is 0 Å². The number of halogens is 1. The number of nitrogens with zero attached hydrogens (tertiary/aromatic N) is 2. The average Bonchev–Trinajstić information content (AvgIpc) is 2.64. The first-order valence-electron chi connectivity index (χ1n) is 7.04. The fourth-order valence-corrected chi connectivity index (χ4v) is 3.18. The van der Waals surface area contributed by atoms with E-state index in [-0.39, 0.29) is 11.9 Å². The third kappa shape index (κ3) is 3.52. The van der Waals surface area contributed by atoms with Crippen molar-refractivity contribution >= 4 is 27.5 Å². The normalized spacial score (nSPS) is 17.8. The summed E-state index contributed by atoms with van der Waals surface area (Å²) in [5, 5.41) is 0. The van der Waals surface area contributed by atoms with Crippen molar-refractivity contribution in [3.05, 3.63) is 28.2 Å². The molecule has 0 bridgehead atoms. The van der Waals surface area contributed by atoms with Gasteiger partial charge in [-0.15, -0.1) is 0 Å². The first kappa shape index (κ1) is 15.3. The van der Waals surface area contributed by atoms with E-state index in [0.29, 0.717) is 0 Å². The van der Waals surface area contributed by atoms with Gasteiger partial charge >= 0.3 is 0 Å². The molecule has 2 N–H and O–H groups in total. The van der Waals surface area contributed by atoms with Gasteiger partial charge in [-0.3, -0.25) is 4.79 Å². The zero-order valence-corrected chi connectivity index (χ0v) is 13.7. The predicted molar refractivity (Wildman–Crippen MR) is 85.8 cm³/mol. The van der Waals surface area contributed by atoms with E-state index >= 15 is 0 Å². The molecule has 0 saturated carbocycles. The SMILES string of the molecule is CC(=O)N1CCCN(c2ccc(C(C)N)cc2Br)CC1. The Balaban J connectivity index is 2.13. The maximum atomic E-state index is 11.5. The van der Waals surface area contributed by atoms with Gasteiger partial charge in [-0.05, 0) is 47.0 Å². The molecule has 0 aromatic heterocycles. The molecule has 0 spiro atoms. The zero-order valence-electron chi connectivity index (χ0n) is 12.1. The lowest BCUT2D eigenvalue weighted by Crippen LogP contribution is -2.33. The standard InChI is InChI=1S/C15H22BrN3O/c1-11(17)13-4-5-15(14(16)10-13)19-7-3-6-18(8-9-19)12(2)20/h4-5,10-11H,3,6-9,17H2,1-2H3. The molecule has 1 aliphatic rings. The minimum Gasteiger partial charge on any atom is -0.369 e. The maximum absolute atomic E-state index is 11.5. The van der Waals surface area contributed by atoms with Crippen LogP contribution in [0.5, 0.6) is 0 Å². The summed E-state index contributed by atoms with van der Waals surface area (Å²) < 4.78 is 1.07. The van der Waals surface area contributed by atoms with E-state index in [2.05, 4.69) is 39.0 Å². The van der Waals surface area contributed by atoms with E-state index < -0.39 is 0 Å². The van der Waals surface area contributed by atoms with Gasteiger partial charge in [0.05, 0.1) is 5.69 Å². The van der Waals surface area contributed by atoms with Gasteiger partial charge in [0.15, 0.2) is 0 Å². The summed E-state index contributed by atoms with van der Waals surface area (Å²) in [5.41, 5.74) is 8.22. The largest absolute Gasteiger partial charge is 0.369 e. The summed E-state index contributed by atoms with van der Waals surface area (Å²) in [6, 6.07) is 6.33. The molecule has 1 aromatic carbocycles. The molecular weight excluding hydrogens is 318 g/mol. The Morgan fingerprint density at radius 1 is 1.30 bits per heavy atom. The number of carbonyl (C=O) groups excluding carboxylic acids is 1. The Labute approximate surface area is 129 Å². The van der Waals surface area contributed by atoms with Gasteiger partial charge in [0.2, 0.25) is 5.91 Å². The highest BCUT2D eigenvalue weighted by Gasteiger charge is 2.18. The average molecular weight is 340 g/mol. The Hall–Kier alpha value is -1.07. The van der Waals surface area contributed by atoms with Crippen molar-refractivity contribution in [3.63, 3.8) is 0 Å². The Morgan fingerprint density at radius 3 is 2.65 bits per heavy atom. The molecule has 0 radical (unpaired) electrons. The molecular formula is C15H22BrN3O. The van der Waals surface area contributed by atoms with Crippen molar-refractivity contribution in [2.24, 2.45) is 5.73 Å². The summed E-state index contributed by atoms with van der Waals surface area (Å²) >= 11 is 3.64. The molecule has 110 valence electrons. The van der Waals surface area contributed by atoms with Gasteiger partial charge in [-0.1, -0.05) is 6.07 Å². The predicted octanol–water partition coefficient (Wildman–Crippen LogP) is 2.53. The second-order valence-corrected chi connectivity index (χ2v) is 6.20. The van der Waals surface area contributed by atoms with Crippen LogP contribution in [0.3, 0.4) is 0 Å². The lowest BCUT2D eigenvalue weighted by molar-refractivity contribution is -0.128. The highest BCUT2D eigenvalue weighted by molar-refractivity contribution is 9.10. The van der Waals surface area contributed by atoms with Gasteiger partial charge in [0, 0.05) is 43.6 Å². The molecule has 1 atom stereocenters. The monoisotopic (exact) mass is 339 g/mol. The van der Waals surface area contributed by atoms with E-state index in [1.165, 1.54) is 5.69 Å². The van der Waals surface area contributed by atoms with Crippen LogP contribution in [-0.4, -0.2) is 37.0 Å². The van der Waals surface area contributed by atoms with E-state index in [1.54, 1.807) is 6.92 Å². The van der Waals surface area contributed by atoms with Crippen LogP contribution < -0.4 is 10.6 Å². The molecule has 2 rings (SSSR count). The Morgan fingerprint density at radius 2 is 2.05 bits per heavy atom. The molecule has 5 heteroatoms. The molecule has 1 aromatic rings. The lowest BCUT2D eigenvalue weighted by Gasteiger charge is -2.25. The quantitative estimate of drug-likeness (QED) is 0.900. The number of amides is 1. The summed E-state index contributed by atoms with van der Waals surface area (Å²) in [6.45, 7) is 7.11. The minimum atomic E-state index is 0.0395. The molecule has 1 heterocycles. The Kier molecular flexibility index (Phi) is 5.05. The van der Waals surface area contributed by atoms with E-state index in [1.807, 2.05) is 11.8 Å². The number of hydrogen-bond donors (Lipinski definition) is 1. The molecule has 0 aliphatic carbocycles. The number of carbonyl (C=O) groups is 1. The van der Waals surface area contributed by atoms with Crippen LogP contribution in [0.15, 0.2) is 22.7 Å². The fourth-order valence-electron chi connectivity index (χ4n) is 2.54. The van der Waals surface area contributed by atoms with Crippen LogP contribution >= 0.6 is 15.9 Å². The second kappa shape index (κ2) is 6.59. The second-order valence-electron chi connectivity index (χ2n) is 5.35. The summed E-state index contributed by atoms with van der Waals surface area (Å²) in [5.74, 6) is 0.165. The molecule has 1 aliphatic heterocycles.